The molecule has 0 radical (unpaired) electrons. The number of piperazine rings is 1. The second-order valence-electron chi connectivity index (χ2n) is 8.29. The molecule has 0 spiro atoms. The van der Waals surface area contributed by atoms with Crippen molar-refractivity contribution in [2.45, 2.75) is 37.6 Å². The van der Waals surface area contributed by atoms with E-state index in [9.17, 15) is 4.79 Å². The van der Waals surface area contributed by atoms with Crippen LogP contribution in [0.15, 0.2) is 48.5 Å². The van der Waals surface area contributed by atoms with Gasteiger partial charge in [-0.15, -0.1) is 0 Å². The molecule has 2 fully saturated rings. The van der Waals surface area contributed by atoms with E-state index in [1.165, 1.54) is 31.2 Å². The Morgan fingerprint density at radius 2 is 1.53 bits per heavy atom. The minimum Gasteiger partial charge on any atom is -0.493 e. The molecule has 1 heterocycles. The number of hydrogen-bond acceptors (Lipinski definition) is 4. The first-order chi connectivity index (χ1) is 14.7. The van der Waals surface area contributed by atoms with Gasteiger partial charge in [-0.1, -0.05) is 36.4 Å². The third-order valence-corrected chi connectivity index (χ3v) is 6.72. The van der Waals surface area contributed by atoms with Gasteiger partial charge in [-0.05, 0) is 49.3 Å². The zero-order valence-corrected chi connectivity index (χ0v) is 18.0. The third-order valence-electron chi connectivity index (χ3n) is 6.72. The molecule has 0 atom stereocenters. The van der Waals surface area contributed by atoms with Gasteiger partial charge in [0.15, 0.2) is 11.5 Å². The molecule has 5 nitrogen and oxygen atoms in total. The lowest BCUT2D eigenvalue weighted by Crippen LogP contribution is -2.52. The first-order valence-electron chi connectivity index (χ1n) is 11.0. The van der Waals surface area contributed by atoms with Crippen molar-refractivity contribution in [2.75, 3.05) is 40.4 Å². The summed E-state index contributed by atoms with van der Waals surface area (Å²) < 4.78 is 10.8. The van der Waals surface area contributed by atoms with Gasteiger partial charge in [0.25, 0.3) is 5.91 Å². The molecular weight excluding hydrogens is 376 g/mol. The predicted molar refractivity (Wildman–Crippen MR) is 118 cm³/mol. The van der Waals surface area contributed by atoms with Crippen molar-refractivity contribution in [2.24, 2.45) is 0 Å². The summed E-state index contributed by atoms with van der Waals surface area (Å²) >= 11 is 0. The summed E-state index contributed by atoms with van der Waals surface area (Å²) in [4.78, 5) is 17.6. The highest BCUT2D eigenvalue weighted by molar-refractivity contribution is 5.97. The number of amides is 1. The number of ether oxygens (including phenoxy) is 2. The monoisotopic (exact) mass is 408 g/mol. The zero-order valence-electron chi connectivity index (χ0n) is 18.0. The van der Waals surface area contributed by atoms with Gasteiger partial charge in [-0.2, -0.15) is 0 Å². The molecule has 1 saturated heterocycles. The van der Waals surface area contributed by atoms with Crippen LogP contribution in [-0.2, 0) is 0 Å². The molecule has 0 unspecified atom stereocenters. The van der Waals surface area contributed by atoms with Crippen molar-refractivity contribution in [1.82, 2.24) is 9.80 Å². The fourth-order valence-electron chi connectivity index (χ4n) is 5.02. The summed E-state index contributed by atoms with van der Waals surface area (Å²) in [5.41, 5.74) is 2.06. The lowest BCUT2D eigenvalue weighted by Gasteiger charge is -2.42. The van der Waals surface area contributed by atoms with Crippen LogP contribution >= 0.6 is 0 Å². The number of nitrogens with zero attached hydrogens (tertiary/aromatic N) is 2. The molecule has 4 rings (SSSR count). The Bertz CT molecular complexity index is 839. The highest BCUT2D eigenvalue weighted by Gasteiger charge is 2.31. The van der Waals surface area contributed by atoms with Gasteiger partial charge in [0.2, 0.25) is 0 Å². The Labute approximate surface area is 179 Å². The average molecular weight is 409 g/mol. The molecule has 2 aromatic carbocycles. The number of rotatable bonds is 5. The van der Waals surface area contributed by atoms with E-state index in [0.29, 0.717) is 29.0 Å². The number of para-hydroxylation sites is 1. The van der Waals surface area contributed by atoms with Gasteiger partial charge < -0.3 is 14.4 Å². The molecule has 1 amide bonds. The highest BCUT2D eigenvalue weighted by atomic mass is 16.5. The molecule has 5 heteroatoms. The fraction of sp³-hybridized carbons (Fsp3) is 0.480. The standard InChI is InChI=1S/C25H32N2O3/c1-29-23-10-6-9-22(24(23)30-2)25(28)27-17-15-26(16-18-27)21-13-11-20(12-14-21)19-7-4-3-5-8-19/h3-10,20-21H,11-18H2,1-2H3. The molecule has 1 saturated carbocycles. The van der Waals surface area contributed by atoms with Crippen molar-refractivity contribution in [1.29, 1.82) is 0 Å². The van der Waals surface area contributed by atoms with Crippen LogP contribution < -0.4 is 9.47 Å². The number of carbonyl (C=O) groups excluding carboxylic acids is 1. The zero-order chi connectivity index (χ0) is 20.9. The Morgan fingerprint density at radius 3 is 2.17 bits per heavy atom. The van der Waals surface area contributed by atoms with Gasteiger partial charge in [-0.3, -0.25) is 9.69 Å². The summed E-state index contributed by atoms with van der Waals surface area (Å²) in [6, 6.07) is 17.1. The van der Waals surface area contributed by atoms with Crippen molar-refractivity contribution < 1.29 is 14.3 Å². The molecule has 2 aliphatic rings. The van der Waals surface area contributed by atoms with Crippen LogP contribution in [0.25, 0.3) is 0 Å². The van der Waals surface area contributed by atoms with E-state index in [4.69, 9.17) is 9.47 Å². The molecule has 1 aliphatic heterocycles. The second-order valence-corrected chi connectivity index (χ2v) is 8.29. The molecule has 30 heavy (non-hydrogen) atoms. The average Bonchev–Trinajstić information content (AvgIpc) is 2.83. The second kappa shape index (κ2) is 9.52. The van der Waals surface area contributed by atoms with E-state index < -0.39 is 0 Å². The van der Waals surface area contributed by atoms with Crippen molar-refractivity contribution in [3.63, 3.8) is 0 Å². The lowest BCUT2D eigenvalue weighted by atomic mass is 9.81. The van der Waals surface area contributed by atoms with E-state index in [1.54, 1.807) is 14.2 Å². The molecular formula is C25H32N2O3. The molecule has 0 N–H and O–H groups in total. The molecule has 0 bridgehead atoms. The quantitative estimate of drug-likeness (QED) is 0.744. The van der Waals surface area contributed by atoms with E-state index in [1.807, 2.05) is 23.1 Å². The SMILES string of the molecule is COc1cccc(C(=O)N2CCN(C3CCC(c4ccccc4)CC3)CC2)c1OC. The van der Waals surface area contributed by atoms with Gasteiger partial charge >= 0.3 is 0 Å². The maximum atomic E-state index is 13.1. The van der Waals surface area contributed by atoms with E-state index in [-0.39, 0.29) is 5.91 Å². The van der Waals surface area contributed by atoms with Crippen molar-refractivity contribution in [3.05, 3.63) is 59.7 Å². The third kappa shape index (κ3) is 4.31. The molecule has 0 aromatic heterocycles. The minimum absolute atomic E-state index is 0.0261. The summed E-state index contributed by atoms with van der Waals surface area (Å²) in [6.45, 7) is 3.41. The first-order valence-corrected chi connectivity index (χ1v) is 11.0. The van der Waals surface area contributed by atoms with Crippen LogP contribution in [0.4, 0.5) is 0 Å². The summed E-state index contributed by atoms with van der Waals surface area (Å²) in [5, 5.41) is 0. The van der Waals surface area contributed by atoms with Crippen LogP contribution in [-0.4, -0.2) is 62.1 Å². The predicted octanol–water partition coefficient (Wildman–Crippen LogP) is 4.19. The maximum absolute atomic E-state index is 13.1. The van der Waals surface area contributed by atoms with Crippen LogP contribution in [0.2, 0.25) is 0 Å². The fourth-order valence-corrected chi connectivity index (χ4v) is 5.02. The normalized spacial score (nSPS) is 22.5. The lowest BCUT2D eigenvalue weighted by molar-refractivity contribution is 0.0511. The van der Waals surface area contributed by atoms with Gasteiger partial charge in [0, 0.05) is 32.2 Å². The van der Waals surface area contributed by atoms with E-state index in [0.717, 1.165) is 26.2 Å². The van der Waals surface area contributed by atoms with E-state index in [2.05, 4.69) is 35.2 Å². The molecule has 160 valence electrons. The van der Waals surface area contributed by atoms with Gasteiger partial charge in [0.05, 0.1) is 19.8 Å². The number of hydrogen-bond donors (Lipinski definition) is 0. The Hall–Kier alpha value is -2.53. The topological polar surface area (TPSA) is 42.0 Å². The smallest absolute Gasteiger partial charge is 0.257 e. The number of methoxy groups -OCH3 is 2. The number of benzene rings is 2. The Balaban J connectivity index is 1.32. The van der Waals surface area contributed by atoms with Crippen LogP contribution in [0.5, 0.6) is 11.5 Å². The van der Waals surface area contributed by atoms with Gasteiger partial charge in [0.1, 0.15) is 0 Å². The maximum Gasteiger partial charge on any atom is 0.257 e. The van der Waals surface area contributed by atoms with Crippen LogP contribution in [0.3, 0.4) is 0 Å². The molecule has 2 aromatic rings. The van der Waals surface area contributed by atoms with Crippen LogP contribution in [0.1, 0.15) is 47.5 Å². The minimum atomic E-state index is 0.0261. The summed E-state index contributed by atoms with van der Waals surface area (Å²) in [5.74, 6) is 1.84. The summed E-state index contributed by atoms with van der Waals surface area (Å²) in [6.07, 6.45) is 5.01. The molecule has 1 aliphatic carbocycles. The largest absolute Gasteiger partial charge is 0.493 e. The Morgan fingerprint density at radius 1 is 0.833 bits per heavy atom. The first kappa shape index (κ1) is 20.7. The van der Waals surface area contributed by atoms with Gasteiger partial charge in [-0.25, -0.2) is 0 Å². The van der Waals surface area contributed by atoms with Crippen molar-refractivity contribution in [3.8, 4) is 11.5 Å². The Kier molecular flexibility index (Phi) is 6.58. The van der Waals surface area contributed by atoms with Crippen LogP contribution in [0, 0.1) is 0 Å². The summed E-state index contributed by atoms with van der Waals surface area (Å²) in [7, 11) is 3.18. The van der Waals surface area contributed by atoms with Crippen molar-refractivity contribution >= 4 is 5.91 Å². The van der Waals surface area contributed by atoms with E-state index >= 15 is 0 Å². The number of carbonyl (C=O) groups is 1. The highest BCUT2D eigenvalue weighted by Crippen LogP contribution is 2.35.